The van der Waals surface area contributed by atoms with Crippen molar-refractivity contribution in [1.29, 1.82) is 0 Å². The number of benzene rings is 1. The first-order valence-corrected chi connectivity index (χ1v) is 8.19. The molecule has 0 atom stereocenters. The molecule has 0 fully saturated rings. The highest BCUT2D eigenvalue weighted by molar-refractivity contribution is 9.10. The van der Waals surface area contributed by atoms with E-state index in [2.05, 4.69) is 26.2 Å². The van der Waals surface area contributed by atoms with Crippen LogP contribution in [0.25, 0.3) is 0 Å². The molecule has 3 rings (SSSR count). The minimum atomic E-state index is -0.339. The van der Waals surface area contributed by atoms with Gasteiger partial charge >= 0.3 is 0 Å². The monoisotopic (exact) mass is 404 g/mol. The summed E-state index contributed by atoms with van der Waals surface area (Å²) in [7, 11) is 0. The number of nitrogens with zero attached hydrogens (tertiary/aromatic N) is 1. The quantitative estimate of drug-likeness (QED) is 0.645. The predicted octanol–water partition coefficient (Wildman–Crippen LogP) is 5.24. The number of aryl methyl sites for hydroxylation is 2. The number of rotatable bonds is 4. The van der Waals surface area contributed by atoms with Crippen molar-refractivity contribution in [3.8, 4) is 11.6 Å². The van der Waals surface area contributed by atoms with E-state index in [9.17, 15) is 9.18 Å². The van der Waals surface area contributed by atoms with Crippen LogP contribution in [-0.2, 0) is 0 Å². The highest BCUT2D eigenvalue weighted by atomic mass is 79.9. The van der Waals surface area contributed by atoms with E-state index in [4.69, 9.17) is 9.15 Å². The van der Waals surface area contributed by atoms with Crippen molar-refractivity contribution in [1.82, 2.24) is 4.98 Å². The maximum Gasteiger partial charge on any atom is 0.260 e. The van der Waals surface area contributed by atoms with Crippen LogP contribution < -0.4 is 10.1 Å². The third-order valence-corrected chi connectivity index (χ3v) is 4.40. The molecule has 0 bridgehead atoms. The second kappa shape index (κ2) is 7.06. The second-order valence-electron chi connectivity index (χ2n) is 5.30. The number of anilines is 1. The van der Waals surface area contributed by atoms with Crippen LogP contribution in [0.3, 0.4) is 0 Å². The van der Waals surface area contributed by atoms with Gasteiger partial charge in [-0.25, -0.2) is 9.37 Å². The molecule has 128 valence electrons. The lowest BCUT2D eigenvalue weighted by Gasteiger charge is -2.07. The topological polar surface area (TPSA) is 64.4 Å². The molecule has 0 unspecified atom stereocenters. The van der Waals surface area contributed by atoms with Crippen molar-refractivity contribution in [3.05, 3.63) is 70.0 Å². The Labute approximate surface area is 152 Å². The van der Waals surface area contributed by atoms with Gasteiger partial charge in [-0.15, -0.1) is 0 Å². The molecule has 0 aliphatic rings. The summed E-state index contributed by atoms with van der Waals surface area (Å²) in [4.78, 5) is 16.5. The van der Waals surface area contributed by atoms with E-state index in [1.165, 1.54) is 30.5 Å². The van der Waals surface area contributed by atoms with Crippen LogP contribution in [0.4, 0.5) is 10.1 Å². The van der Waals surface area contributed by atoms with Crippen molar-refractivity contribution in [3.63, 3.8) is 0 Å². The fourth-order valence-corrected chi connectivity index (χ4v) is 2.79. The molecule has 3 aromatic rings. The van der Waals surface area contributed by atoms with Gasteiger partial charge in [0, 0.05) is 6.07 Å². The summed E-state index contributed by atoms with van der Waals surface area (Å²) in [5.41, 5.74) is 0.964. The molecule has 1 aromatic carbocycles. The molecule has 7 heteroatoms. The number of halogens is 2. The maximum absolute atomic E-state index is 12.9. The van der Waals surface area contributed by atoms with Crippen LogP contribution in [0.1, 0.15) is 21.9 Å². The second-order valence-corrected chi connectivity index (χ2v) is 6.09. The minimum Gasteiger partial charge on any atom is -0.465 e. The average molecular weight is 405 g/mol. The molecule has 1 amide bonds. The molecule has 0 spiro atoms. The van der Waals surface area contributed by atoms with Gasteiger partial charge in [0.1, 0.15) is 23.1 Å². The summed E-state index contributed by atoms with van der Waals surface area (Å²) in [6.07, 6.45) is 1.48. The summed E-state index contributed by atoms with van der Waals surface area (Å²) in [5.74, 6) is 1.35. The molecule has 2 heterocycles. The number of amides is 1. The van der Waals surface area contributed by atoms with Gasteiger partial charge in [-0.05, 0) is 60.1 Å². The molecule has 2 aromatic heterocycles. The molecule has 0 saturated carbocycles. The number of carbonyl (C=O) groups excluding carboxylic acids is 1. The van der Waals surface area contributed by atoms with Gasteiger partial charge in [0.2, 0.25) is 5.88 Å². The third kappa shape index (κ3) is 3.88. The van der Waals surface area contributed by atoms with Crippen molar-refractivity contribution in [2.75, 3.05) is 5.32 Å². The zero-order chi connectivity index (χ0) is 18.0. The molecular weight excluding hydrogens is 391 g/mol. The molecule has 0 saturated heterocycles. The maximum atomic E-state index is 12.9. The van der Waals surface area contributed by atoms with Gasteiger partial charge < -0.3 is 14.5 Å². The lowest BCUT2D eigenvalue weighted by molar-refractivity contribution is 0.102. The molecule has 5 nitrogen and oxygen atoms in total. The Morgan fingerprint density at radius 1 is 1.16 bits per heavy atom. The van der Waals surface area contributed by atoms with Gasteiger partial charge in [-0.3, -0.25) is 4.79 Å². The Hall–Kier alpha value is -2.67. The Balaban J connectivity index is 1.70. The Morgan fingerprint density at radius 3 is 2.44 bits per heavy atom. The summed E-state index contributed by atoms with van der Waals surface area (Å²) in [6, 6.07) is 8.90. The molecular formula is C18H14BrFN2O3. The van der Waals surface area contributed by atoms with E-state index < -0.39 is 0 Å². The van der Waals surface area contributed by atoms with E-state index >= 15 is 0 Å². The van der Waals surface area contributed by atoms with Crippen LogP contribution in [0.15, 0.2) is 51.5 Å². The predicted molar refractivity (Wildman–Crippen MR) is 94.5 cm³/mol. The van der Waals surface area contributed by atoms with Crippen molar-refractivity contribution >= 4 is 27.5 Å². The van der Waals surface area contributed by atoms with Crippen molar-refractivity contribution in [2.24, 2.45) is 0 Å². The van der Waals surface area contributed by atoms with Crippen LogP contribution in [0, 0.1) is 19.7 Å². The summed E-state index contributed by atoms with van der Waals surface area (Å²) in [6.45, 7) is 3.50. The highest BCUT2D eigenvalue weighted by Crippen LogP contribution is 2.28. The molecule has 0 radical (unpaired) electrons. The van der Waals surface area contributed by atoms with Crippen molar-refractivity contribution < 1.29 is 18.3 Å². The first kappa shape index (κ1) is 17.2. The van der Waals surface area contributed by atoms with E-state index in [-0.39, 0.29) is 11.7 Å². The molecule has 25 heavy (non-hydrogen) atoms. The summed E-state index contributed by atoms with van der Waals surface area (Å²) in [5, 5.41) is 2.76. The molecule has 0 aliphatic heterocycles. The lowest BCUT2D eigenvalue weighted by Crippen LogP contribution is -2.13. The number of hydrogen-bond acceptors (Lipinski definition) is 4. The van der Waals surface area contributed by atoms with Crippen LogP contribution in [0.5, 0.6) is 11.6 Å². The van der Waals surface area contributed by atoms with Crippen LogP contribution in [-0.4, -0.2) is 10.9 Å². The first-order chi connectivity index (χ1) is 11.9. The normalized spacial score (nSPS) is 10.6. The van der Waals surface area contributed by atoms with Gasteiger partial charge in [0.15, 0.2) is 0 Å². The standard InChI is InChI=1S/C18H14BrFN2O3/c1-10-16(17(19)11(2)24-10)18(23)22-13-5-8-15(21-9-13)25-14-6-3-12(20)4-7-14/h3-9H,1-2H3,(H,22,23). The lowest BCUT2D eigenvalue weighted by atomic mass is 10.2. The van der Waals surface area contributed by atoms with Crippen LogP contribution >= 0.6 is 15.9 Å². The molecule has 1 N–H and O–H groups in total. The number of nitrogens with one attached hydrogen (secondary N) is 1. The van der Waals surface area contributed by atoms with E-state index in [0.29, 0.717) is 38.9 Å². The van der Waals surface area contributed by atoms with Crippen LogP contribution in [0.2, 0.25) is 0 Å². The summed E-state index contributed by atoms with van der Waals surface area (Å²) >= 11 is 3.35. The highest BCUT2D eigenvalue weighted by Gasteiger charge is 2.20. The van der Waals surface area contributed by atoms with Gasteiger partial charge in [-0.1, -0.05) is 0 Å². The number of ether oxygens (including phenoxy) is 1. The smallest absolute Gasteiger partial charge is 0.260 e. The SMILES string of the molecule is Cc1oc(C)c(C(=O)Nc2ccc(Oc3ccc(F)cc3)nc2)c1Br. The minimum absolute atomic E-state index is 0.296. The van der Waals surface area contributed by atoms with Crippen molar-refractivity contribution in [2.45, 2.75) is 13.8 Å². The number of pyridine rings is 1. The van der Waals surface area contributed by atoms with E-state index in [1.54, 1.807) is 26.0 Å². The number of carbonyl (C=O) groups is 1. The number of furan rings is 1. The Morgan fingerprint density at radius 2 is 1.88 bits per heavy atom. The molecule has 0 aliphatic carbocycles. The van der Waals surface area contributed by atoms with Gasteiger partial charge in [-0.2, -0.15) is 0 Å². The fraction of sp³-hybridized carbons (Fsp3) is 0.111. The zero-order valence-corrected chi connectivity index (χ0v) is 15.1. The van der Waals surface area contributed by atoms with Gasteiger partial charge in [0.25, 0.3) is 5.91 Å². The Kier molecular flexibility index (Phi) is 4.85. The summed E-state index contributed by atoms with van der Waals surface area (Å²) < 4.78 is 24.4. The number of hydrogen-bond donors (Lipinski definition) is 1. The van der Waals surface area contributed by atoms with E-state index in [0.717, 1.165) is 0 Å². The van der Waals surface area contributed by atoms with E-state index in [1.807, 2.05) is 0 Å². The number of aromatic nitrogens is 1. The first-order valence-electron chi connectivity index (χ1n) is 7.40. The van der Waals surface area contributed by atoms with Gasteiger partial charge in [0.05, 0.1) is 21.9 Å². The third-order valence-electron chi connectivity index (χ3n) is 3.44. The average Bonchev–Trinajstić information content (AvgIpc) is 2.84. The fourth-order valence-electron chi connectivity index (χ4n) is 2.25. The Bertz CT molecular complexity index is 905. The zero-order valence-electron chi connectivity index (χ0n) is 13.5. The largest absolute Gasteiger partial charge is 0.465 e.